The van der Waals surface area contributed by atoms with Crippen LogP contribution in [-0.4, -0.2) is 15.3 Å². The quantitative estimate of drug-likeness (QED) is 0.256. The summed E-state index contributed by atoms with van der Waals surface area (Å²) in [4.78, 5) is 13.1. The predicted molar refractivity (Wildman–Crippen MR) is 113 cm³/mol. The highest BCUT2D eigenvalue weighted by atomic mass is 19.4. The molecule has 0 aliphatic heterocycles. The van der Waals surface area contributed by atoms with E-state index >= 15 is 0 Å². The first kappa shape index (κ1) is 23.6. The number of fused-ring (bicyclic) bond motifs is 1. The second kappa shape index (κ2) is 8.32. The summed E-state index contributed by atoms with van der Waals surface area (Å²) in [6, 6.07) is 13.3. The van der Waals surface area contributed by atoms with Crippen LogP contribution < -0.4 is 0 Å². The third-order valence-electron chi connectivity index (χ3n) is 5.51. The molecular weight excluding hydrogens is 460 g/mol. The second-order valence-electron chi connectivity index (χ2n) is 7.81. The predicted octanol–water partition coefficient (Wildman–Crippen LogP) is 6.93. The van der Waals surface area contributed by atoms with Gasteiger partial charge in [-0.25, -0.2) is 0 Å². The normalized spacial score (nSPS) is 13.3. The van der Waals surface area contributed by atoms with Crippen molar-refractivity contribution in [2.24, 2.45) is 0 Å². The summed E-state index contributed by atoms with van der Waals surface area (Å²) >= 11 is 0. The zero-order chi connectivity index (χ0) is 24.8. The van der Waals surface area contributed by atoms with E-state index in [1.807, 2.05) is 0 Å². The number of aliphatic hydroxyl groups excluding tert-OH is 1. The fraction of sp³-hybridized carbons (Fsp3) is 0.160. The number of hydrogen-bond donors (Lipinski definition) is 1. The summed E-state index contributed by atoms with van der Waals surface area (Å²) < 4.78 is 79.9. The molecule has 4 aromatic rings. The van der Waals surface area contributed by atoms with E-state index in [4.69, 9.17) is 0 Å². The Labute approximate surface area is 189 Å². The van der Waals surface area contributed by atoms with E-state index in [9.17, 15) is 36.2 Å². The lowest BCUT2D eigenvalue weighted by atomic mass is 10.0. The molecule has 2 heterocycles. The molecule has 3 nitrogen and oxygen atoms in total. The minimum Gasteiger partial charge on any atom is -0.389 e. The minimum atomic E-state index is -4.61. The fourth-order valence-electron chi connectivity index (χ4n) is 3.68. The van der Waals surface area contributed by atoms with Crippen molar-refractivity contribution in [3.8, 4) is 11.1 Å². The van der Waals surface area contributed by atoms with Crippen LogP contribution in [-0.2, 0) is 12.4 Å². The van der Waals surface area contributed by atoms with Crippen LogP contribution in [0.4, 0.5) is 26.3 Å². The number of halogens is 6. The molecule has 1 atom stereocenters. The summed E-state index contributed by atoms with van der Waals surface area (Å²) in [7, 11) is 0. The van der Waals surface area contributed by atoms with Crippen molar-refractivity contribution >= 4 is 11.3 Å². The number of hydrogen-bond acceptors (Lipinski definition) is 2. The zero-order valence-corrected chi connectivity index (χ0v) is 17.6. The molecular formula is C25H17F6NO2. The van der Waals surface area contributed by atoms with E-state index in [2.05, 4.69) is 0 Å². The molecule has 2 aromatic heterocycles. The van der Waals surface area contributed by atoms with E-state index in [-0.39, 0.29) is 16.8 Å². The highest BCUT2D eigenvalue weighted by molar-refractivity contribution is 6.10. The average Bonchev–Trinajstić information content (AvgIpc) is 3.16. The Morgan fingerprint density at radius 1 is 0.824 bits per heavy atom. The first-order chi connectivity index (χ1) is 15.9. The van der Waals surface area contributed by atoms with Gasteiger partial charge >= 0.3 is 12.4 Å². The Hall–Kier alpha value is -3.59. The Morgan fingerprint density at radius 2 is 1.41 bits per heavy atom. The molecule has 0 fully saturated rings. The van der Waals surface area contributed by atoms with Crippen molar-refractivity contribution in [1.82, 2.24) is 4.40 Å². The summed E-state index contributed by atoms with van der Waals surface area (Å²) in [5, 5.41) is 9.71. The molecule has 34 heavy (non-hydrogen) atoms. The van der Waals surface area contributed by atoms with Gasteiger partial charge in [-0.15, -0.1) is 0 Å². The van der Waals surface area contributed by atoms with E-state index in [1.165, 1.54) is 10.5 Å². The molecule has 9 heteroatoms. The maximum atomic E-state index is 13.4. The summed E-state index contributed by atoms with van der Waals surface area (Å²) in [5.41, 5.74) is -0.321. The molecule has 1 unspecified atom stereocenters. The fourth-order valence-corrected chi connectivity index (χ4v) is 3.68. The van der Waals surface area contributed by atoms with Gasteiger partial charge in [0.2, 0.25) is 5.78 Å². The van der Waals surface area contributed by atoms with E-state index in [0.29, 0.717) is 16.7 Å². The molecule has 1 N–H and O–H groups in total. The van der Waals surface area contributed by atoms with Crippen molar-refractivity contribution in [2.75, 3.05) is 0 Å². The van der Waals surface area contributed by atoms with Crippen molar-refractivity contribution in [1.29, 1.82) is 0 Å². The SMILES string of the molecule is CC(O)c1ccc(-c2cc(C(=O)c3ccc(C(F)(F)F)cc3)n3ccc(C(F)(F)F)cc23)cc1. The van der Waals surface area contributed by atoms with Gasteiger partial charge in [-0.1, -0.05) is 36.4 Å². The summed E-state index contributed by atoms with van der Waals surface area (Å²) in [5.74, 6) is -0.643. The molecule has 2 aromatic carbocycles. The molecule has 0 aliphatic carbocycles. The molecule has 0 spiro atoms. The van der Waals surface area contributed by atoms with Crippen LogP contribution in [0.2, 0.25) is 0 Å². The lowest BCUT2D eigenvalue weighted by Gasteiger charge is -2.10. The number of aromatic nitrogens is 1. The molecule has 176 valence electrons. The lowest BCUT2D eigenvalue weighted by molar-refractivity contribution is -0.138. The largest absolute Gasteiger partial charge is 0.416 e. The molecule has 0 saturated heterocycles. The first-order valence-electron chi connectivity index (χ1n) is 10.1. The number of aliphatic hydroxyl groups is 1. The number of nitrogens with zero attached hydrogens (tertiary/aromatic N) is 1. The molecule has 4 rings (SSSR count). The van der Waals surface area contributed by atoms with Crippen LogP contribution in [0, 0.1) is 0 Å². The molecule has 0 radical (unpaired) electrons. The number of benzene rings is 2. The maximum Gasteiger partial charge on any atom is 0.416 e. The highest BCUT2D eigenvalue weighted by Gasteiger charge is 2.32. The number of carbonyl (C=O) groups is 1. The van der Waals surface area contributed by atoms with Gasteiger partial charge in [-0.3, -0.25) is 4.79 Å². The minimum absolute atomic E-state index is 0.00177. The molecule has 0 aliphatic rings. The second-order valence-corrected chi connectivity index (χ2v) is 7.81. The molecule has 0 amide bonds. The monoisotopic (exact) mass is 477 g/mol. The number of pyridine rings is 1. The van der Waals surface area contributed by atoms with Crippen LogP contribution in [0.25, 0.3) is 16.6 Å². The van der Waals surface area contributed by atoms with Crippen LogP contribution >= 0.6 is 0 Å². The molecule has 0 bridgehead atoms. The van der Waals surface area contributed by atoms with Gasteiger partial charge in [0.25, 0.3) is 0 Å². The zero-order valence-electron chi connectivity index (χ0n) is 17.6. The van der Waals surface area contributed by atoms with Crippen LogP contribution in [0.3, 0.4) is 0 Å². The first-order valence-corrected chi connectivity index (χ1v) is 10.1. The van der Waals surface area contributed by atoms with Gasteiger partial charge in [0, 0.05) is 17.3 Å². The molecule has 0 saturated carbocycles. The topological polar surface area (TPSA) is 41.7 Å². The van der Waals surface area contributed by atoms with Gasteiger partial charge in [-0.2, -0.15) is 26.3 Å². The van der Waals surface area contributed by atoms with Gasteiger partial charge in [0.15, 0.2) is 0 Å². The lowest BCUT2D eigenvalue weighted by Crippen LogP contribution is -2.09. The third-order valence-corrected chi connectivity index (χ3v) is 5.51. The average molecular weight is 477 g/mol. The number of rotatable bonds is 4. The van der Waals surface area contributed by atoms with Gasteiger partial charge in [-0.05, 0) is 48.4 Å². The third kappa shape index (κ3) is 4.43. The number of ketones is 1. The van der Waals surface area contributed by atoms with Crippen LogP contribution in [0.5, 0.6) is 0 Å². The number of carbonyl (C=O) groups excluding carboxylic acids is 1. The summed E-state index contributed by atoms with van der Waals surface area (Å²) in [6.07, 6.45) is -8.81. The van der Waals surface area contributed by atoms with Gasteiger partial charge in [0.05, 0.1) is 28.4 Å². The van der Waals surface area contributed by atoms with E-state index in [0.717, 1.165) is 42.6 Å². The number of alkyl halides is 6. The smallest absolute Gasteiger partial charge is 0.389 e. The Morgan fingerprint density at radius 3 is 1.94 bits per heavy atom. The Balaban J connectivity index is 1.86. The Kier molecular flexibility index (Phi) is 5.77. The van der Waals surface area contributed by atoms with Crippen LogP contribution in [0.1, 0.15) is 45.8 Å². The van der Waals surface area contributed by atoms with E-state index < -0.39 is 35.4 Å². The Bertz CT molecular complexity index is 1350. The summed E-state index contributed by atoms with van der Waals surface area (Å²) in [6.45, 7) is 1.57. The highest BCUT2D eigenvalue weighted by Crippen LogP contribution is 2.36. The van der Waals surface area contributed by atoms with Crippen molar-refractivity contribution < 1.29 is 36.2 Å². The van der Waals surface area contributed by atoms with Gasteiger partial charge < -0.3 is 9.51 Å². The van der Waals surface area contributed by atoms with Crippen molar-refractivity contribution in [3.63, 3.8) is 0 Å². The van der Waals surface area contributed by atoms with E-state index in [1.54, 1.807) is 31.2 Å². The standard InChI is InChI=1S/C25H17F6NO2/c1-14(33)15-2-4-16(5-3-15)20-13-22(32-11-10-19(12-21(20)32)25(29,30)31)23(34)17-6-8-18(9-7-17)24(26,27)28/h2-14,33H,1H3. The van der Waals surface area contributed by atoms with Gasteiger partial charge in [0.1, 0.15) is 0 Å². The van der Waals surface area contributed by atoms with Crippen molar-refractivity contribution in [3.05, 3.63) is 101 Å². The maximum absolute atomic E-state index is 13.4. The van der Waals surface area contributed by atoms with Crippen molar-refractivity contribution in [2.45, 2.75) is 25.4 Å². The van der Waals surface area contributed by atoms with Crippen LogP contribution in [0.15, 0.2) is 72.9 Å².